The molecule has 27 heavy (non-hydrogen) atoms. The SMILES string of the molecule is CCN(Cc1ccc(Cl)s1)C(=O)C(C)NC(=O)/C=C/c1ccc(OC)cc1. The lowest BCUT2D eigenvalue weighted by Gasteiger charge is -2.24. The number of carbonyl (C=O) groups is 2. The van der Waals surface area contributed by atoms with E-state index in [1.54, 1.807) is 25.0 Å². The van der Waals surface area contributed by atoms with Crippen LogP contribution in [-0.2, 0) is 16.1 Å². The molecule has 0 aliphatic heterocycles. The van der Waals surface area contributed by atoms with Gasteiger partial charge in [0.1, 0.15) is 11.8 Å². The van der Waals surface area contributed by atoms with Crippen LogP contribution in [0.2, 0.25) is 4.34 Å². The molecule has 0 saturated carbocycles. The van der Waals surface area contributed by atoms with Crippen molar-refractivity contribution >= 4 is 40.8 Å². The van der Waals surface area contributed by atoms with Gasteiger partial charge in [-0.3, -0.25) is 9.59 Å². The second-order valence-corrected chi connectivity index (χ2v) is 7.69. The molecular weight excluding hydrogens is 384 g/mol. The van der Waals surface area contributed by atoms with Crippen LogP contribution in [0.25, 0.3) is 6.08 Å². The van der Waals surface area contributed by atoms with Gasteiger partial charge in [-0.2, -0.15) is 0 Å². The Bertz CT molecular complexity index is 802. The number of nitrogens with zero attached hydrogens (tertiary/aromatic N) is 1. The van der Waals surface area contributed by atoms with Crippen LogP contribution in [0.1, 0.15) is 24.3 Å². The van der Waals surface area contributed by atoms with Crippen LogP contribution in [0.15, 0.2) is 42.5 Å². The van der Waals surface area contributed by atoms with E-state index in [1.807, 2.05) is 43.3 Å². The smallest absolute Gasteiger partial charge is 0.245 e. The molecule has 7 heteroatoms. The van der Waals surface area contributed by atoms with Gasteiger partial charge in [-0.25, -0.2) is 0 Å². The number of nitrogens with one attached hydrogen (secondary N) is 1. The quantitative estimate of drug-likeness (QED) is 0.674. The van der Waals surface area contributed by atoms with E-state index >= 15 is 0 Å². The number of thiophene rings is 1. The zero-order chi connectivity index (χ0) is 19.8. The fourth-order valence-corrected chi connectivity index (χ4v) is 3.56. The van der Waals surface area contributed by atoms with Crippen LogP contribution >= 0.6 is 22.9 Å². The zero-order valence-corrected chi connectivity index (χ0v) is 17.1. The maximum atomic E-state index is 12.6. The first-order chi connectivity index (χ1) is 12.9. The summed E-state index contributed by atoms with van der Waals surface area (Å²) in [6.45, 7) is 4.63. The molecule has 1 aromatic heterocycles. The average molecular weight is 407 g/mol. The molecule has 2 amide bonds. The van der Waals surface area contributed by atoms with Gasteiger partial charge in [0.2, 0.25) is 11.8 Å². The molecular formula is C20H23ClN2O3S. The Morgan fingerprint density at radius 1 is 1.26 bits per heavy atom. The summed E-state index contributed by atoms with van der Waals surface area (Å²) in [6, 6.07) is 10.4. The fourth-order valence-electron chi connectivity index (χ4n) is 2.45. The standard InChI is InChI=1S/C20H23ClN2O3S/c1-4-23(13-17-10-11-18(21)27-17)20(25)14(2)22-19(24)12-7-15-5-8-16(26-3)9-6-15/h5-12,14H,4,13H2,1-3H3,(H,22,24)/b12-7+. The third kappa shape index (κ3) is 6.41. The Balaban J connectivity index is 1.90. The van der Waals surface area contributed by atoms with Gasteiger partial charge in [0.25, 0.3) is 0 Å². The van der Waals surface area contributed by atoms with Crippen molar-refractivity contribution in [3.63, 3.8) is 0 Å². The lowest BCUT2D eigenvalue weighted by Crippen LogP contribution is -2.46. The predicted molar refractivity (Wildman–Crippen MR) is 110 cm³/mol. The van der Waals surface area contributed by atoms with Crippen LogP contribution in [0.3, 0.4) is 0 Å². The molecule has 5 nitrogen and oxygen atoms in total. The Labute approximate surface area is 168 Å². The highest BCUT2D eigenvalue weighted by atomic mass is 35.5. The van der Waals surface area contributed by atoms with Crippen molar-refractivity contribution in [2.75, 3.05) is 13.7 Å². The number of likely N-dealkylation sites (N-methyl/N-ethyl adjacent to an activating group) is 1. The van der Waals surface area contributed by atoms with Crippen LogP contribution in [-0.4, -0.2) is 36.4 Å². The average Bonchev–Trinajstić information content (AvgIpc) is 3.09. The van der Waals surface area contributed by atoms with Gasteiger partial charge in [-0.15, -0.1) is 11.3 Å². The van der Waals surface area contributed by atoms with Gasteiger partial charge < -0.3 is 15.0 Å². The first-order valence-corrected chi connectivity index (χ1v) is 9.78. The van der Waals surface area contributed by atoms with Crippen LogP contribution in [0.4, 0.5) is 0 Å². The van der Waals surface area contributed by atoms with E-state index in [9.17, 15) is 9.59 Å². The molecule has 0 aliphatic rings. The Morgan fingerprint density at radius 3 is 2.52 bits per heavy atom. The molecule has 1 aromatic carbocycles. The summed E-state index contributed by atoms with van der Waals surface area (Å²) >= 11 is 7.39. The third-order valence-corrected chi connectivity index (χ3v) is 5.16. The predicted octanol–water partition coefficient (Wildman–Crippen LogP) is 3.98. The highest BCUT2D eigenvalue weighted by molar-refractivity contribution is 7.16. The summed E-state index contributed by atoms with van der Waals surface area (Å²) in [6.07, 6.45) is 3.11. The van der Waals surface area contributed by atoms with Crippen molar-refractivity contribution in [2.24, 2.45) is 0 Å². The molecule has 0 radical (unpaired) electrons. The number of methoxy groups -OCH3 is 1. The summed E-state index contributed by atoms with van der Waals surface area (Å²) in [5.74, 6) is 0.303. The summed E-state index contributed by atoms with van der Waals surface area (Å²) in [4.78, 5) is 27.4. The molecule has 0 bridgehead atoms. The Morgan fingerprint density at radius 2 is 1.96 bits per heavy atom. The van der Waals surface area contributed by atoms with E-state index in [-0.39, 0.29) is 11.8 Å². The van der Waals surface area contributed by atoms with Crippen molar-refractivity contribution in [2.45, 2.75) is 26.4 Å². The molecule has 2 rings (SSSR count). The number of ether oxygens (including phenoxy) is 1. The number of hydrogen-bond acceptors (Lipinski definition) is 4. The summed E-state index contributed by atoms with van der Waals surface area (Å²) in [5.41, 5.74) is 0.870. The van der Waals surface area contributed by atoms with Gasteiger partial charge in [0.05, 0.1) is 18.0 Å². The maximum absolute atomic E-state index is 12.6. The van der Waals surface area contributed by atoms with Gasteiger partial charge in [0, 0.05) is 17.5 Å². The molecule has 0 saturated heterocycles. The molecule has 1 heterocycles. The summed E-state index contributed by atoms with van der Waals surface area (Å²) in [5, 5.41) is 2.71. The van der Waals surface area contributed by atoms with Gasteiger partial charge in [0.15, 0.2) is 0 Å². The number of carbonyl (C=O) groups excluding carboxylic acids is 2. The minimum absolute atomic E-state index is 0.131. The number of rotatable bonds is 8. The number of hydrogen-bond donors (Lipinski definition) is 1. The van der Waals surface area contributed by atoms with Crippen molar-refractivity contribution in [1.82, 2.24) is 10.2 Å². The summed E-state index contributed by atoms with van der Waals surface area (Å²) < 4.78 is 5.79. The normalized spacial score (nSPS) is 12.0. The van der Waals surface area contributed by atoms with Crippen LogP contribution in [0, 0.1) is 0 Å². The van der Waals surface area contributed by atoms with E-state index in [0.29, 0.717) is 17.4 Å². The van der Waals surface area contributed by atoms with E-state index in [0.717, 1.165) is 16.2 Å². The van der Waals surface area contributed by atoms with Crippen molar-refractivity contribution < 1.29 is 14.3 Å². The number of halogens is 1. The third-order valence-electron chi connectivity index (χ3n) is 3.94. The van der Waals surface area contributed by atoms with E-state index in [4.69, 9.17) is 16.3 Å². The largest absolute Gasteiger partial charge is 0.497 e. The van der Waals surface area contributed by atoms with Crippen molar-refractivity contribution in [3.8, 4) is 5.75 Å². The first kappa shape index (κ1) is 21.0. The molecule has 2 aromatic rings. The topological polar surface area (TPSA) is 58.6 Å². The molecule has 1 unspecified atom stereocenters. The number of benzene rings is 1. The molecule has 0 spiro atoms. The second kappa shape index (κ2) is 10.1. The number of amides is 2. The highest BCUT2D eigenvalue weighted by Gasteiger charge is 2.21. The Hall–Kier alpha value is -2.31. The zero-order valence-electron chi connectivity index (χ0n) is 15.6. The van der Waals surface area contributed by atoms with Crippen LogP contribution in [0.5, 0.6) is 5.75 Å². The van der Waals surface area contributed by atoms with Gasteiger partial charge >= 0.3 is 0 Å². The van der Waals surface area contributed by atoms with Crippen LogP contribution < -0.4 is 10.1 Å². The van der Waals surface area contributed by atoms with E-state index in [1.165, 1.54) is 17.4 Å². The molecule has 1 N–H and O–H groups in total. The molecule has 0 fully saturated rings. The van der Waals surface area contributed by atoms with Crippen molar-refractivity contribution in [1.29, 1.82) is 0 Å². The minimum Gasteiger partial charge on any atom is -0.497 e. The van der Waals surface area contributed by atoms with Gasteiger partial charge in [-0.1, -0.05) is 23.7 Å². The van der Waals surface area contributed by atoms with E-state index < -0.39 is 6.04 Å². The lowest BCUT2D eigenvalue weighted by molar-refractivity contribution is -0.135. The maximum Gasteiger partial charge on any atom is 0.245 e. The lowest BCUT2D eigenvalue weighted by atomic mass is 10.2. The summed E-state index contributed by atoms with van der Waals surface area (Å²) in [7, 11) is 1.60. The highest BCUT2D eigenvalue weighted by Crippen LogP contribution is 2.22. The minimum atomic E-state index is -0.617. The molecule has 0 aliphatic carbocycles. The van der Waals surface area contributed by atoms with Gasteiger partial charge in [-0.05, 0) is 49.8 Å². The first-order valence-electron chi connectivity index (χ1n) is 8.58. The molecule has 1 atom stereocenters. The monoisotopic (exact) mass is 406 g/mol. The van der Waals surface area contributed by atoms with E-state index in [2.05, 4.69) is 5.32 Å². The van der Waals surface area contributed by atoms with Crippen molar-refractivity contribution in [3.05, 3.63) is 57.3 Å². The second-order valence-electron chi connectivity index (χ2n) is 5.90. The Kier molecular flexibility index (Phi) is 7.88. The molecule has 144 valence electrons. The fraction of sp³-hybridized carbons (Fsp3) is 0.300.